The van der Waals surface area contributed by atoms with Crippen molar-refractivity contribution >= 4 is 35.0 Å². The predicted octanol–water partition coefficient (Wildman–Crippen LogP) is 5.31. The Kier molecular flexibility index (Phi) is 8.63. The van der Waals surface area contributed by atoms with E-state index in [1.165, 1.54) is 18.9 Å². The first-order valence-corrected chi connectivity index (χ1v) is 13.0. The molecule has 2 heterocycles. The van der Waals surface area contributed by atoms with Crippen LogP contribution in [0.1, 0.15) is 24.4 Å². The Bertz CT molecular complexity index is 1500. The van der Waals surface area contributed by atoms with Gasteiger partial charge in [0.1, 0.15) is 23.0 Å². The number of hydrogen-bond donors (Lipinski definition) is 3. The molecule has 0 spiro atoms. The Morgan fingerprint density at radius 2 is 1.85 bits per heavy atom. The number of carbonyl (C=O) groups is 2. The van der Waals surface area contributed by atoms with Crippen LogP contribution in [0.25, 0.3) is 0 Å². The van der Waals surface area contributed by atoms with Gasteiger partial charge in [-0.25, -0.2) is 0 Å². The van der Waals surface area contributed by atoms with Gasteiger partial charge in [0.25, 0.3) is 5.91 Å². The Morgan fingerprint density at radius 1 is 1.05 bits per heavy atom. The quantitative estimate of drug-likeness (QED) is 0.331. The maximum Gasteiger partial charge on any atom is 0.254 e. The van der Waals surface area contributed by atoms with Crippen LogP contribution >= 0.6 is 11.8 Å². The highest BCUT2D eigenvalue weighted by molar-refractivity contribution is 8.03. The molecular formula is C29H28N4O5S. The van der Waals surface area contributed by atoms with Gasteiger partial charge in [-0.3, -0.25) is 9.59 Å². The van der Waals surface area contributed by atoms with Gasteiger partial charge in [0.05, 0.1) is 53.8 Å². The number of anilines is 2. The smallest absolute Gasteiger partial charge is 0.254 e. The Balaban J connectivity index is 1.61. The first-order chi connectivity index (χ1) is 18.8. The van der Waals surface area contributed by atoms with E-state index in [1.54, 1.807) is 81.6 Å². The highest BCUT2D eigenvalue weighted by Gasteiger charge is 2.37. The maximum absolute atomic E-state index is 13.6. The Morgan fingerprint density at radius 3 is 2.54 bits per heavy atom. The molecule has 2 amide bonds. The number of para-hydroxylation sites is 2. The summed E-state index contributed by atoms with van der Waals surface area (Å²) in [5, 5.41) is 19.6. The summed E-state index contributed by atoms with van der Waals surface area (Å²) in [6.45, 7) is 3.55. The van der Waals surface area contributed by atoms with E-state index in [0.717, 1.165) is 0 Å². The van der Waals surface area contributed by atoms with Gasteiger partial charge < -0.3 is 29.8 Å². The van der Waals surface area contributed by atoms with Gasteiger partial charge in [-0.1, -0.05) is 30.0 Å². The van der Waals surface area contributed by atoms with Crippen LogP contribution in [0.15, 0.2) is 87.0 Å². The van der Waals surface area contributed by atoms with Gasteiger partial charge in [0.15, 0.2) is 0 Å². The average Bonchev–Trinajstić information content (AvgIpc) is 3.37. The second kappa shape index (κ2) is 12.3. The summed E-state index contributed by atoms with van der Waals surface area (Å²) in [6, 6.07) is 19.9. The molecule has 39 heavy (non-hydrogen) atoms. The minimum absolute atomic E-state index is 0.0324. The monoisotopic (exact) mass is 544 g/mol. The van der Waals surface area contributed by atoms with Crippen molar-refractivity contribution in [1.29, 1.82) is 5.26 Å². The van der Waals surface area contributed by atoms with Gasteiger partial charge >= 0.3 is 0 Å². The van der Waals surface area contributed by atoms with E-state index < -0.39 is 11.8 Å². The number of benzene rings is 2. The van der Waals surface area contributed by atoms with Crippen LogP contribution in [-0.2, 0) is 9.59 Å². The van der Waals surface area contributed by atoms with E-state index in [-0.39, 0.29) is 17.2 Å². The molecule has 2 aromatic carbocycles. The van der Waals surface area contributed by atoms with Crippen LogP contribution in [0.4, 0.5) is 11.4 Å². The zero-order chi connectivity index (χ0) is 27.9. The molecule has 3 N–H and O–H groups in total. The van der Waals surface area contributed by atoms with Crippen molar-refractivity contribution in [3.05, 3.63) is 94.1 Å². The van der Waals surface area contributed by atoms with Crippen LogP contribution < -0.4 is 25.4 Å². The van der Waals surface area contributed by atoms with Gasteiger partial charge in [0.2, 0.25) is 5.91 Å². The number of allylic oxidation sites excluding steroid dienone is 2. The van der Waals surface area contributed by atoms with E-state index in [4.69, 9.17) is 13.9 Å². The molecular weight excluding hydrogens is 516 g/mol. The lowest BCUT2D eigenvalue weighted by atomic mass is 9.85. The normalized spacial score (nSPS) is 14.8. The molecule has 0 saturated carbocycles. The number of rotatable bonds is 9. The number of dihydropyridines is 1. The molecule has 0 radical (unpaired) electrons. The fraction of sp³-hybridized carbons (Fsp3) is 0.207. The summed E-state index contributed by atoms with van der Waals surface area (Å²) in [6.07, 6.45) is 0. The first kappa shape index (κ1) is 27.4. The molecule has 1 aliphatic heterocycles. The summed E-state index contributed by atoms with van der Waals surface area (Å²) >= 11 is 1.18. The molecule has 10 heteroatoms. The van der Waals surface area contributed by atoms with Crippen LogP contribution in [-0.4, -0.2) is 31.8 Å². The molecule has 1 aliphatic rings. The van der Waals surface area contributed by atoms with Crippen molar-refractivity contribution in [3.63, 3.8) is 0 Å². The van der Waals surface area contributed by atoms with Gasteiger partial charge in [-0.2, -0.15) is 5.26 Å². The molecule has 200 valence electrons. The second-order valence-electron chi connectivity index (χ2n) is 8.62. The fourth-order valence-corrected chi connectivity index (χ4v) is 5.09. The Hall–Kier alpha value is -4.62. The van der Waals surface area contributed by atoms with Crippen LogP contribution in [0.3, 0.4) is 0 Å². The molecule has 1 atom stereocenters. The third-order valence-corrected chi connectivity index (χ3v) is 7.01. The third kappa shape index (κ3) is 6.27. The molecule has 3 aromatic rings. The highest BCUT2D eigenvalue weighted by atomic mass is 32.2. The topological polar surface area (TPSA) is 126 Å². The highest BCUT2D eigenvalue weighted by Crippen LogP contribution is 2.42. The van der Waals surface area contributed by atoms with E-state index in [1.807, 2.05) is 0 Å². The molecule has 4 rings (SSSR count). The number of carbonyl (C=O) groups excluding carboxylic acids is 2. The number of methoxy groups -OCH3 is 2. The van der Waals surface area contributed by atoms with E-state index >= 15 is 0 Å². The largest absolute Gasteiger partial charge is 0.497 e. The molecule has 9 nitrogen and oxygen atoms in total. The summed E-state index contributed by atoms with van der Waals surface area (Å²) in [7, 11) is 3.08. The maximum atomic E-state index is 13.6. The average molecular weight is 545 g/mol. The molecule has 0 fully saturated rings. The predicted molar refractivity (Wildman–Crippen MR) is 150 cm³/mol. The number of thioether (sulfide) groups is 1. The molecule has 0 saturated heterocycles. The fourth-order valence-electron chi connectivity index (χ4n) is 4.19. The number of ether oxygens (including phenoxy) is 2. The molecule has 0 unspecified atom stereocenters. The van der Waals surface area contributed by atoms with E-state index in [2.05, 4.69) is 22.0 Å². The number of hydrogen-bond acceptors (Lipinski definition) is 8. The van der Waals surface area contributed by atoms with Gasteiger partial charge in [0, 0.05) is 17.5 Å². The summed E-state index contributed by atoms with van der Waals surface area (Å²) < 4.78 is 16.5. The minimum atomic E-state index is -0.774. The van der Waals surface area contributed by atoms with Crippen molar-refractivity contribution in [3.8, 4) is 17.6 Å². The lowest BCUT2D eigenvalue weighted by Crippen LogP contribution is -2.31. The Labute approximate surface area is 230 Å². The zero-order valence-corrected chi connectivity index (χ0v) is 22.8. The van der Waals surface area contributed by atoms with E-state index in [9.17, 15) is 14.9 Å². The lowest BCUT2D eigenvalue weighted by molar-refractivity contribution is -0.114. The first-order valence-electron chi connectivity index (χ1n) is 12.0. The number of nitrogens with zero attached hydrogens (tertiary/aromatic N) is 1. The number of nitriles is 1. The number of furan rings is 1. The van der Waals surface area contributed by atoms with Gasteiger partial charge in [-0.15, -0.1) is 0 Å². The summed E-state index contributed by atoms with van der Waals surface area (Å²) in [5.74, 6) is 0.827. The van der Waals surface area contributed by atoms with Crippen molar-refractivity contribution in [2.75, 3.05) is 30.6 Å². The molecule has 0 aliphatic carbocycles. The summed E-state index contributed by atoms with van der Waals surface area (Å²) in [4.78, 5) is 26.3. The molecule has 0 bridgehead atoms. The van der Waals surface area contributed by atoms with Gasteiger partial charge in [-0.05, 0) is 50.2 Å². The third-order valence-electron chi connectivity index (χ3n) is 5.99. The van der Waals surface area contributed by atoms with Crippen molar-refractivity contribution in [1.82, 2.24) is 5.32 Å². The molecule has 1 aromatic heterocycles. The van der Waals surface area contributed by atoms with Crippen molar-refractivity contribution < 1.29 is 23.5 Å². The number of amides is 2. The SMILES string of the molecule is COc1cccc(NC(=O)CSC2=C(C#N)[C@@H](c3ccc(C)o3)C(C(=O)Nc3ccccc3OC)=C(C)N2)c1. The van der Waals surface area contributed by atoms with Crippen LogP contribution in [0.2, 0.25) is 0 Å². The summed E-state index contributed by atoms with van der Waals surface area (Å²) in [5.41, 5.74) is 2.24. The number of nitrogens with one attached hydrogen (secondary N) is 3. The number of aryl methyl sites for hydroxylation is 1. The van der Waals surface area contributed by atoms with Crippen molar-refractivity contribution in [2.45, 2.75) is 19.8 Å². The zero-order valence-electron chi connectivity index (χ0n) is 22.0. The van der Waals surface area contributed by atoms with E-state index in [0.29, 0.717) is 50.7 Å². The second-order valence-corrected chi connectivity index (χ2v) is 9.61. The lowest BCUT2D eigenvalue weighted by Gasteiger charge is -2.28. The van der Waals surface area contributed by atoms with Crippen molar-refractivity contribution in [2.24, 2.45) is 0 Å². The van der Waals surface area contributed by atoms with Crippen LogP contribution in [0.5, 0.6) is 11.5 Å². The standard InChI is InChI=1S/C29H28N4O5S/c1-17-12-13-24(38-17)27-21(15-30)29(39-16-25(34)32-19-8-7-9-20(14-19)36-3)31-18(2)26(27)28(35)33-22-10-5-6-11-23(22)37-4/h5-14,27,31H,16H2,1-4H3,(H,32,34)(H,33,35)/t27-/m0/s1. The van der Waals surface area contributed by atoms with Crippen LogP contribution in [0, 0.1) is 18.3 Å². The minimum Gasteiger partial charge on any atom is -0.497 e.